The van der Waals surface area contributed by atoms with Crippen molar-refractivity contribution in [1.82, 2.24) is 15.0 Å². The summed E-state index contributed by atoms with van der Waals surface area (Å²) >= 11 is 6.05. The first kappa shape index (κ1) is 14.0. The molecule has 1 aromatic heterocycles. The molecule has 110 valence electrons. The number of anilines is 1. The molecule has 0 amide bonds. The zero-order valence-electron chi connectivity index (χ0n) is 11.6. The molecule has 1 fully saturated rings. The third-order valence-corrected chi connectivity index (χ3v) is 3.41. The van der Waals surface area contributed by atoms with Crippen molar-refractivity contribution in [3.8, 4) is 17.1 Å². The lowest BCUT2D eigenvalue weighted by molar-refractivity contribution is 0.122. The maximum absolute atomic E-state index is 6.05. The predicted molar refractivity (Wildman–Crippen MR) is 79.9 cm³/mol. The minimum Gasteiger partial charge on any atom is -0.496 e. The van der Waals surface area contributed by atoms with E-state index in [1.807, 2.05) is 29.2 Å². The molecule has 3 rings (SSSR count). The fraction of sp³-hybridized carbons (Fsp3) is 0.357. The van der Waals surface area contributed by atoms with Crippen LogP contribution in [0.4, 0.5) is 5.95 Å². The summed E-state index contributed by atoms with van der Waals surface area (Å²) in [4.78, 5) is 15.0. The van der Waals surface area contributed by atoms with Crippen molar-refractivity contribution in [3.05, 3.63) is 29.5 Å². The second-order valence-corrected chi connectivity index (χ2v) is 4.87. The largest absolute Gasteiger partial charge is 0.496 e. The van der Waals surface area contributed by atoms with Crippen LogP contribution in [0.15, 0.2) is 24.3 Å². The molecule has 1 saturated heterocycles. The van der Waals surface area contributed by atoms with Crippen LogP contribution in [0.3, 0.4) is 0 Å². The molecule has 7 heteroatoms. The Hall–Kier alpha value is -1.92. The van der Waals surface area contributed by atoms with Gasteiger partial charge in [-0.15, -0.1) is 0 Å². The maximum Gasteiger partial charge on any atom is 0.230 e. The van der Waals surface area contributed by atoms with Gasteiger partial charge in [0, 0.05) is 13.1 Å². The lowest BCUT2D eigenvalue weighted by Gasteiger charge is -2.26. The number of methoxy groups -OCH3 is 1. The highest BCUT2D eigenvalue weighted by molar-refractivity contribution is 6.28. The maximum atomic E-state index is 6.05. The normalized spacial score (nSPS) is 15.0. The molecule has 0 radical (unpaired) electrons. The van der Waals surface area contributed by atoms with Gasteiger partial charge in [0.15, 0.2) is 5.82 Å². The van der Waals surface area contributed by atoms with Crippen LogP contribution in [0.5, 0.6) is 5.75 Å². The summed E-state index contributed by atoms with van der Waals surface area (Å²) in [6.45, 7) is 2.80. The second kappa shape index (κ2) is 6.24. The Bertz CT molecular complexity index is 632. The summed E-state index contributed by atoms with van der Waals surface area (Å²) in [6, 6.07) is 7.56. The molecule has 0 spiro atoms. The standard InChI is InChI=1S/C14H15ClN4O2/c1-20-11-5-3-2-4-10(11)12-16-13(15)18-14(17-12)19-6-8-21-9-7-19/h2-5H,6-9H2,1H3. The first-order valence-corrected chi connectivity index (χ1v) is 7.03. The Kier molecular flexibility index (Phi) is 4.17. The van der Waals surface area contributed by atoms with Gasteiger partial charge in [0.2, 0.25) is 11.2 Å². The van der Waals surface area contributed by atoms with Crippen molar-refractivity contribution in [3.63, 3.8) is 0 Å². The van der Waals surface area contributed by atoms with Gasteiger partial charge in [0.25, 0.3) is 0 Å². The molecule has 0 atom stereocenters. The fourth-order valence-electron chi connectivity index (χ4n) is 2.19. The van der Waals surface area contributed by atoms with Gasteiger partial charge in [0.1, 0.15) is 5.75 Å². The average molecular weight is 307 g/mol. The van der Waals surface area contributed by atoms with Gasteiger partial charge in [-0.3, -0.25) is 0 Å². The van der Waals surface area contributed by atoms with Crippen LogP contribution in [-0.2, 0) is 4.74 Å². The van der Waals surface area contributed by atoms with Gasteiger partial charge in [-0.25, -0.2) is 0 Å². The van der Waals surface area contributed by atoms with Crippen LogP contribution in [-0.4, -0.2) is 48.4 Å². The first-order chi connectivity index (χ1) is 10.3. The first-order valence-electron chi connectivity index (χ1n) is 6.65. The number of rotatable bonds is 3. The number of benzene rings is 1. The van der Waals surface area contributed by atoms with E-state index < -0.39 is 0 Å². The Morgan fingerprint density at radius 1 is 1.14 bits per heavy atom. The number of para-hydroxylation sites is 1. The summed E-state index contributed by atoms with van der Waals surface area (Å²) in [6.07, 6.45) is 0. The minimum absolute atomic E-state index is 0.174. The number of nitrogens with zero attached hydrogens (tertiary/aromatic N) is 4. The quantitative estimate of drug-likeness (QED) is 0.865. The Morgan fingerprint density at radius 2 is 1.90 bits per heavy atom. The molecule has 1 aromatic carbocycles. The topological polar surface area (TPSA) is 60.4 Å². The van der Waals surface area contributed by atoms with E-state index in [9.17, 15) is 0 Å². The minimum atomic E-state index is 0.174. The van der Waals surface area contributed by atoms with Gasteiger partial charge < -0.3 is 14.4 Å². The zero-order chi connectivity index (χ0) is 14.7. The molecular weight excluding hydrogens is 292 g/mol. The van der Waals surface area contributed by atoms with E-state index in [1.54, 1.807) is 7.11 Å². The zero-order valence-corrected chi connectivity index (χ0v) is 12.4. The summed E-state index contributed by atoms with van der Waals surface area (Å²) < 4.78 is 10.7. The highest BCUT2D eigenvalue weighted by Gasteiger charge is 2.17. The molecule has 2 aromatic rings. The van der Waals surface area contributed by atoms with Gasteiger partial charge in [-0.1, -0.05) is 12.1 Å². The molecule has 0 bridgehead atoms. The van der Waals surface area contributed by atoms with E-state index in [-0.39, 0.29) is 5.28 Å². The van der Waals surface area contributed by atoms with Crippen molar-refractivity contribution in [1.29, 1.82) is 0 Å². The Labute approximate surface area is 127 Å². The van der Waals surface area contributed by atoms with E-state index in [0.717, 1.165) is 18.7 Å². The second-order valence-electron chi connectivity index (χ2n) is 4.53. The number of hydrogen-bond acceptors (Lipinski definition) is 6. The molecule has 1 aliphatic heterocycles. The Balaban J connectivity index is 2.01. The van der Waals surface area contributed by atoms with Gasteiger partial charge >= 0.3 is 0 Å². The number of halogens is 1. The highest BCUT2D eigenvalue weighted by Crippen LogP contribution is 2.28. The summed E-state index contributed by atoms with van der Waals surface area (Å²) in [5.74, 6) is 1.78. The summed E-state index contributed by atoms with van der Waals surface area (Å²) in [7, 11) is 1.62. The number of morpholine rings is 1. The van der Waals surface area contributed by atoms with E-state index in [2.05, 4.69) is 15.0 Å². The van der Waals surface area contributed by atoms with Crippen molar-refractivity contribution in [2.24, 2.45) is 0 Å². The fourth-order valence-corrected chi connectivity index (χ4v) is 2.35. The SMILES string of the molecule is COc1ccccc1-c1nc(Cl)nc(N2CCOCC2)n1. The summed E-state index contributed by atoms with van der Waals surface area (Å²) in [5, 5.41) is 0.174. The average Bonchev–Trinajstić information content (AvgIpc) is 2.55. The molecule has 2 heterocycles. The van der Waals surface area contributed by atoms with E-state index >= 15 is 0 Å². The summed E-state index contributed by atoms with van der Waals surface area (Å²) in [5.41, 5.74) is 0.791. The molecule has 0 N–H and O–H groups in total. The van der Waals surface area contributed by atoms with E-state index in [1.165, 1.54) is 0 Å². The monoisotopic (exact) mass is 306 g/mol. The lowest BCUT2D eigenvalue weighted by atomic mass is 10.2. The van der Waals surface area contributed by atoms with E-state index in [4.69, 9.17) is 21.1 Å². The van der Waals surface area contributed by atoms with Crippen molar-refractivity contribution < 1.29 is 9.47 Å². The predicted octanol–water partition coefficient (Wildman–Crippen LogP) is 2.04. The number of hydrogen-bond donors (Lipinski definition) is 0. The smallest absolute Gasteiger partial charge is 0.230 e. The van der Waals surface area contributed by atoms with Crippen LogP contribution in [0.1, 0.15) is 0 Å². The molecule has 6 nitrogen and oxygen atoms in total. The van der Waals surface area contributed by atoms with Crippen LogP contribution in [0.2, 0.25) is 5.28 Å². The molecule has 0 aliphatic carbocycles. The van der Waals surface area contributed by atoms with Crippen LogP contribution >= 0.6 is 11.6 Å². The number of aromatic nitrogens is 3. The van der Waals surface area contributed by atoms with Crippen molar-refractivity contribution in [2.45, 2.75) is 0 Å². The third-order valence-electron chi connectivity index (χ3n) is 3.24. The lowest BCUT2D eigenvalue weighted by Crippen LogP contribution is -2.37. The van der Waals surface area contributed by atoms with Crippen LogP contribution in [0, 0.1) is 0 Å². The van der Waals surface area contributed by atoms with Crippen molar-refractivity contribution >= 4 is 17.5 Å². The Morgan fingerprint density at radius 3 is 2.67 bits per heavy atom. The highest BCUT2D eigenvalue weighted by atomic mass is 35.5. The van der Waals surface area contributed by atoms with Gasteiger partial charge in [-0.2, -0.15) is 15.0 Å². The van der Waals surface area contributed by atoms with Crippen molar-refractivity contribution in [2.75, 3.05) is 38.3 Å². The molecular formula is C14H15ClN4O2. The van der Waals surface area contributed by atoms with Crippen LogP contribution in [0.25, 0.3) is 11.4 Å². The molecule has 21 heavy (non-hydrogen) atoms. The molecule has 0 saturated carbocycles. The molecule has 1 aliphatic rings. The third kappa shape index (κ3) is 3.06. The van der Waals surface area contributed by atoms with Gasteiger partial charge in [0.05, 0.1) is 25.9 Å². The van der Waals surface area contributed by atoms with Crippen LogP contribution < -0.4 is 9.64 Å². The molecule has 0 unspecified atom stereocenters. The van der Waals surface area contributed by atoms with E-state index in [0.29, 0.717) is 30.7 Å². The van der Waals surface area contributed by atoms with Gasteiger partial charge in [-0.05, 0) is 23.7 Å². The number of ether oxygens (including phenoxy) is 2.